The van der Waals surface area contributed by atoms with Crippen molar-refractivity contribution in [1.82, 2.24) is 0 Å². The topological polar surface area (TPSA) is 43.4 Å². The minimum atomic E-state index is -0.349. The highest BCUT2D eigenvalue weighted by atomic mass is 16.4. The molecule has 0 amide bonds. The molecule has 19 heavy (non-hydrogen) atoms. The molecule has 0 spiro atoms. The van der Waals surface area contributed by atoms with E-state index in [1.165, 1.54) is 0 Å². The van der Waals surface area contributed by atoms with E-state index in [0.717, 1.165) is 16.3 Å². The van der Waals surface area contributed by atoms with Gasteiger partial charge in [-0.25, -0.2) is 4.79 Å². The number of furan rings is 1. The summed E-state index contributed by atoms with van der Waals surface area (Å²) in [6.07, 6.45) is 0. The van der Waals surface area contributed by atoms with Crippen LogP contribution in [0, 0.1) is 6.92 Å². The van der Waals surface area contributed by atoms with Crippen molar-refractivity contribution >= 4 is 32.9 Å². The molecular formula is C16H10O3. The fourth-order valence-electron chi connectivity index (χ4n) is 2.49. The lowest BCUT2D eigenvalue weighted by molar-refractivity contribution is 0.566. The summed E-state index contributed by atoms with van der Waals surface area (Å²) in [5, 5.41) is 2.15. The van der Waals surface area contributed by atoms with E-state index in [1.807, 2.05) is 49.4 Å². The Morgan fingerprint density at radius 2 is 1.74 bits per heavy atom. The SMILES string of the molecule is Cc1ccc2c(c1)oc(=O)c1c3ccccc3oc21. The molecule has 92 valence electrons. The molecule has 3 nitrogen and oxygen atoms in total. The highest BCUT2D eigenvalue weighted by molar-refractivity contribution is 6.12. The Morgan fingerprint density at radius 3 is 2.63 bits per heavy atom. The van der Waals surface area contributed by atoms with Crippen LogP contribution in [0.4, 0.5) is 0 Å². The maximum atomic E-state index is 12.2. The third-order valence-corrected chi connectivity index (χ3v) is 3.38. The fraction of sp³-hybridized carbons (Fsp3) is 0.0625. The van der Waals surface area contributed by atoms with Crippen molar-refractivity contribution < 1.29 is 8.83 Å². The molecule has 0 fully saturated rings. The normalized spacial score (nSPS) is 11.6. The molecule has 4 rings (SSSR count). The quantitative estimate of drug-likeness (QED) is 0.443. The maximum Gasteiger partial charge on any atom is 0.348 e. The molecule has 2 heterocycles. The number of fused-ring (bicyclic) bond motifs is 5. The second-order valence-electron chi connectivity index (χ2n) is 4.69. The Bertz CT molecular complexity index is 989. The van der Waals surface area contributed by atoms with Crippen molar-refractivity contribution in [3.8, 4) is 0 Å². The van der Waals surface area contributed by atoms with Crippen LogP contribution in [0.1, 0.15) is 5.56 Å². The van der Waals surface area contributed by atoms with E-state index >= 15 is 0 Å². The van der Waals surface area contributed by atoms with Gasteiger partial charge < -0.3 is 8.83 Å². The molecule has 0 aliphatic carbocycles. The van der Waals surface area contributed by atoms with Crippen LogP contribution in [0.25, 0.3) is 32.9 Å². The summed E-state index contributed by atoms with van der Waals surface area (Å²) in [7, 11) is 0. The number of para-hydroxylation sites is 1. The largest absolute Gasteiger partial charge is 0.455 e. The molecule has 3 heteroatoms. The molecule has 2 aromatic carbocycles. The first-order valence-corrected chi connectivity index (χ1v) is 6.09. The molecule has 0 radical (unpaired) electrons. The Hall–Kier alpha value is -2.55. The van der Waals surface area contributed by atoms with Gasteiger partial charge in [0.1, 0.15) is 16.6 Å². The first kappa shape index (κ1) is 10.4. The van der Waals surface area contributed by atoms with Crippen LogP contribution in [-0.2, 0) is 0 Å². The smallest absolute Gasteiger partial charge is 0.348 e. The third-order valence-electron chi connectivity index (χ3n) is 3.38. The van der Waals surface area contributed by atoms with Gasteiger partial charge in [0, 0.05) is 5.39 Å². The molecule has 4 aromatic rings. The predicted octanol–water partition coefficient (Wildman–Crippen LogP) is 4.00. The van der Waals surface area contributed by atoms with Crippen molar-refractivity contribution in [1.29, 1.82) is 0 Å². The van der Waals surface area contributed by atoms with Crippen LogP contribution >= 0.6 is 0 Å². The van der Waals surface area contributed by atoms with Gasteiger partial charge in [0.25, 0.3) is 0 Å². The highest BCUT2D eigenvalue weighted by Crippen LogP contribution is 2.31. The van der Waals surface area contributed by atoms with Gasteiger partial charge in [-0.15, -0.1) is 0 Å². The van der Waals surface area contributed by atoms with Gasteiger partial charge in [-0.3, -0.25) is 0 Å². The van der Waals surface area contributed by atoms with Crippen molar-refractivity contribution in [3.63, 3.8) is 0 Å². The van der Waals surface area contributed by atoms with E-state index in [2.05, 4.69) is 0 Å². The molecule has 0 unspecified atom stereocenters. The van der Waals surface area contributed by atoms with Gasteiger partial charge in [0.05, 0.1) is 5.39 Å². The first-order valence-electron chi connectivity index (χ1n) is 6.09. The number of hydrogen-bond donors (Lipinski definition) is 0. The minimum Gasteiger partial charge on any atom is -0.455 e. The molecule has 2 aromatic heterocycles. The first-order chi connectivity index (χ1) is 9.24. The Morgan fingerprint density at radius 1 is 0.895 bits per heavy atom. The molecular weight excluding hydrogens is 240 g/mol. The van der Waals surface area contributed by atoms with Gasteiger partial charge in [-0.2, -0.15) is 0 Å². The van der Waals surface area contributed by atoms with Crippen molar-refractivity contribution in [2.45, 2.75) is 6.92 Å². The third kappa shape index (κ3) is 1.35. The summed E-state index contributed by atoms with van der Waals surface area (Å²) in [6.45, 7) is 1.96. The van der Waals surface area contributed by atoms with Crippen LogP contribution in [0.3, 0.4) is 0 Å². The molecule has 0 aliphatic heterocycles. The van der Waals surface area contributed by atoms with Crippen molar-refractivity contribution in [3.05, 3.63) is 58.4 Å². The fourth-order valence-corrected chi connectivity index (χ4v) is 2.49. The molecule has 0 atom stereocenters. The number of rotatable bonds is 0. The molecule has 0 saturated carbocycles. The number of benzene rings is 2. The van der Waals surface area contributed by atoms with E-state index in [4.69, 9.17) is 8.83 Å². The molecule has 0 saturated heterocycles. The van der Waals surface area contributed by atoms with Gasteiger partial charge in [0.2, 0.25) is 0 Å². The van der Waals surface area contributed by atoms with Crippen molar-refractivity contribution in [2.24, 2.45) is 0 Å². The van der Waals surface area contributed by atoms with Gasteiger partial charge in [-0.1, -0.05) is 24.3 Å². The monoisotopic (exact) mass is 250 g/mol. The van der Waals surface area contributed by atoms with E-state index in [1.54, 1.807) is 0 Å². The van der Waals surface area contributed by atoms with Gasteiger partial charge in [0.15, 0.2) is 5.58 Å². The summed E-state index contributed by atoms with van der Waals surface area (Å²) in [5.41, 5.74) is 2.58. The van der Waals surface area contributed by atoms with E-state index < -0.39 is 0 Å². The Balaban J connectivity index is 2.36. The zero-order chi connectivity index (χ0) is 13.0. The van der Waals surface area contributed by atoms with Crippen molar-refractivity contribution in [2.75, 3.05) is 0 Å². The number of hydrogen-bond acceptors (Lipinski definition) is 3. The predicted molar refractivity (Wildman–Crippen MR) is 74.5 cm³/mol. The average Bonchev–Trinajstić information content (AvgIpc) is 2.78. The standard InChI is InChI=1S/C16H10O3/c1-9-6-7-11-13(8-9)19-16(17)14-10-4-2-3-5-12(10)18-15(11)14/h2-8H,1H3. The van der Waals surface area contributed by atoms with Crippen LogP contribution < -0.4 is 5.63 Å². The molecule has 0 N–H and O–H groups in total. The molecule has 0 aliphatic rings. The van der Waals surface area contributed by atoms with Crippen LogP contribution in [0.2, 0.25) is 0 Å². The van der Waals surface area contributed by atoms with E-state index in [0.29, 0.717) is 22.1 Å². The van der Waals surface area contributed by atoms with Crippen LogP contribution in [0.15, 0.2) is 56.1 Å². The van der Waals surface area contributed by atoms with E-state index in [9.17, 15) is 4.79 Å². The summed E-state index contributed by atoms with van der Waals surface area (Å²) in [4.78, 5) is 12.2. The second kappa shape index (κ2) is 3.48. The lowest BCUT2D eigenvalue weighted by Crippen LogP contribution is -1.98. The average molecular weight is 250 g/mol. The summed E-state index contributed by atoms with van der Waals surface area (Å²) in [6, 6.07) is 13.3. The Kier molecular flexibility index (Phi) is 1.90. The van der Waals surface area contributed by atoms with E-state index in [-0.39, 0.29) is 5.63 Å². The minimum absolute atomic E-state index is 0.349. The zero-order valence-electron chi connectivity index (χ0n) is 10.3. The van der Waals surface area contributed by atoms with Gasteiger partial charge in [-0.05, 0) is 30.7 Å². The maximum absolute atomic E-state index is 12.2. The lowest BCUT2D eigenvalue weighted by Gasteiger charge is -1.98. The lowest BCUT2D eigenvalue weighted by atomic mass is 10.1. The molecule has 0 bridgehead atoms. The summed E-state index contributed by atoms with van der Waals surface area (Å²) in [5.74, 6) is 0. The number of aryl methyl sites for hydroxylation is 1. The van der Waals surface area contributed by atoms with Gasteiger partial charge >= 0.3 is 5.63 Å². The Labute approximate surface area is 108 Å². The zero-order valence-corrected chi connectivity index (χ0v) is 10.3. The highest BCUT2D eigenvalue weighted by Gasteiger charge is 2.15. The van der Waals surface area contributed by atoms with Crippen LogP contribution in [-0.4, -0.2) is 0 Å². The van der Waals surface area contributed by atoms with Crippen LogP contribution in [0.5, 0.6) is 0 Å². The summed E-state index contributed by atoms with van der Waals surface area (Å²) < 4.78 is 11.2. The summed E-state index contributed by atoms with van der Waals surface area (Å²) >= 11 is 0. The second-order valence-corrected chi connectivity index (χ2v) is 4.69.